The molecule has 0 aliphatic carbocycles. The van der Waals surface area contributed by atoms with Crippen LogP contribution in [0, 0.1) is 0 Å². The Bertz CT molecular complexity index is 1270. The van der Waals surface area contributed by atoms with Crippen LogP contribution in [-0.2, 0) is 41.7 Å². The fourth-order valence-electron chi connectivity index (χ4n) is 3.82. The average Bonchev–Trinajstić information content (AvgIpc) is 3.55. The molecule has 9 nitrogen and oxygen atoms in total. The number of aryl methyl sites for hydroxylation is 4. The van der Waals surface area contributed by atoms with E-state index in [1.165, 1.54) is 22.7 Å². The lowest BCUT2D eigenvalue weighted by Crippen LogP contribution is -2.12. The number of benzene rings is 2. The quantitative estimate of drug-likeness (QED) is 0.192. The van der Waals surface area contributed by atoms with Gasteiger partial charge >= 0.3 is 0 Å². The van der Waals surface area contributed by atoms with Gasteiger partial charge in [-0.3, -0.25) is 9.59 Å². The first kappa shape index (κ1) is 27.3. The summed E-state index contributed by atoms with van der Waals surface area (Å²) in [5, 5.41) is 42.0. The molecule has 0 bridgehead atoms. The van der Waals surface area contributed by atoms with E-state index in [1.54, 1.807) is 30.3 Å². The van der Waals surface area contributed by atoms with Crippen molar-refractivity contribution in [3.8, 4) is 11.5 Å². The fourth-order valence-corrected chi connectivity index (χ4v) is 5.54. The van der Waals surface area contributed by atoms with Gasteiger partial charge in [-0.2, -0.15) is 0 Å². The Morgan fingerprint density at radius 1 is 0.684 bits per heavy atom. The number of hydrogen-bond donors (Lipinski definition) is 3. The van der Waals surface area contributed by atoms with Crippen LogP contribution in [0.25, 0.3) is 0 Å². The summed E-state index contributed by atoms with van der Waals surface area (Å²) in [5.41, 5.74) is 1.51. The Morgan fingerprint density at radius 2 is 1.24 bits per heavy atom. The van der Waals surface area contributed by atoms with Gasteiger partial charge in [-0.05, 0) is 48.9 Å². The van der Waals surface area contributed by atoms with E-state index in [4.69, 9.17) is 0 Å². The van der Waals surface area contributed by atoms with Crippen LogP contribution in [0.1, 0.15) is 51.8 Å². The molecule has 4 aromatic rings. The van der Waals surface area contributed by atoms with Crippen molar-refractivity contribution < 1.29 is 19.8 Å². The number of carbonyl (C=O) groups is 2. The Hall–Kier alpha value is -3.70. The second-order valence-corrected chi connectivity index (χ2v) is 11.0. The maximum atomic E-state index is 12.3. The number of anilines is 1. The summed E-state index contributed by atoms with van der Waals surface area (Å²) in [6, 6.07) is 14.0. The van der Waals surface area contributed by atoms with Crippen LogP contribution in [0.4, 0.5) is 5.13 Å². The molecule has 0 aliphatic rings. The van der Waals surface area contributed by atoms with Gasteiger partial charge in [-0.15, -0.1) is 31.7 Å². The van der Waals surface area contributed by atoms with E-state index in [2.05, 4.69) is 25.7 Å². The predicted octanol–water partition coefficient (Wildman–Crippen LogP) is 4.68. The number of nitrogens with zero attached hydrogens (tertiary/aromatic N) is 4. The molecule has 0 atom stereocenters. The molecular weight excluding hydrogens is 522 g/mol. The highest BCUT2D eigenvalue weighted by Crippen LogP contribution is 2.21. The zero-order valence-corrected chi connectivity index (χ0v) is 22.4. The van der Waals surface area contributed by atoms with E-state index < -0.39 is 0 Å². The average molecular weight is 552 g/mol. The van der Waals surface area contributed by atoms with Gasteiger partial charge in [0.05, 0.1) is 6.42 Å². The lowest BCUT2D eigenvalue weighted by molar-refractivity contribution is -0.118. The molecule has 38 heavy (non-hydrogen) atoms. The minimum Gasteiger partial charge on any atom is -0.508 e. The molecule has 2 heterocycles. The molecule has 0 aliphatic heterocycles. The Balaban J connectivity index is 1.12. The Labute approximate surface area is 228 Å². The lowest BCUT2D eigenvalue weighted by atomic mass is 10.1. The van der Waals surface area contributed by atoms with Crippen LogP contribution in [-0.4, -0.2) is 42.3 Å². The highest BCUT2D eigenvalue weighted by Gasteiger charge is 2.12. The second-order valence-electron chi connectivity index (χ2n) is 8.82. The van der Waals surface area contributed by atoms with Crippen LogP contribution < -0.4 is 5.32 Å². The molecule has 0 saturated heterocycles. The summed E-state index contributed by atoms with van der Waals surface area (Å²) in [6.07, 6.45) is 5.14. The van der Waals surface area contributed by atoms with Crippen molar-refractivity contribution in [3.05, 3.63) is 74.7 Å². The van der Waals surface area contributed by atoms with Crippen molar-refractivity contribution in [3.63, 3.8) is 0 Å². The zero-order chi connectivity index (χ0) is 26.7. The van der Waals surface area contributed by atoms with Gasteiger partial charge in [0.25, 0.3) is 0 Å². The molecule has 198 valence electrons. The lowest BCUT2D eigenvalue weighted by Gasteiger charge is -2.03. The summed E-state index contributed by atoms with van der Waals surface area (Å²) in [5.74, 6) is 0.319. The number of phenols is 2. The molecule has 2 aromatic carbocycles. The maximum Gasteiger partial charge on any atom is 0.226 e. The van der Waals surface area contributed by atoms with Gasteiger partial charge in [0.2, 0.25) is 11.0 Å². The van der Waals surface area contributed by atoms with E-state index in [1.807, 2.05) is 18.2 Å². The Kier molecular flexibility index (Phi) is 9.88. The molecule has 0 unspecified atom stereocenters. The molecule has 0 radical (unpaired) electrons. The number of amides is 1. The molecule has 0 spiro atoms. The van der Waals surface area contributed by atoms with Crippen LogP contribution in [0.15, 0.2) is 48.5 Å². The number of carbonyl (C=O) groups excluding carboxylic acids is 2. The number of nitrogens with one attached hydrogen (secondary N) is 1. The van der Waals surface area contributed by atoms with E-state index in [9.17, 15) is 19.8 Å². The molecule has 0 fully saturated rings. The smallest absolute Gasteiger partial charge is 0.226 e. The number of aromatic hydroxyl groups is 2. The number of unbranched alkanes of at least 4 members (excludes halogenated alkanes) is 1. The van der Waals surface area contributed by atoms with Crippen molar-refractivity contribution in [1.29, 1.82) is 0 Å². The van der Waals surface area contributed by atoms with E-state index >= 15 is 0 Å². The van der Waals surface area contributed by atoms with Gasteiger partial charge in [0.1, 0.15) is 32.3 Å². The molecule has 11 heteroatoms. The second kappa shape index (κ2) is 13.7. The van der Waals surface area contributed by atoms with Gasteiger partial charge in [-0.1, -0.05) is 47.7 Å². The van der Waals surface area contributed by atoms with Crippen molar-refractivity contribution in [2.75, 3.05) is 5.32 Å². The highest BCUT2D eigenvalue weighted by molar-refractivity contribution is 7.15. The highest BCUT2D eigenvalue weighted by atomic mass is 32.1. The SMILES string of the molecule is O=C(CCc1ccccc1O)Cc1nnc(CCCCc2nnc(NC(=O)CCc3ccccc3O)s2)s1. The third-order valence-corrected chi connectivity index (χ3v) is 7.76. The molecule has 3 N–H and O–H groups in total. The Morgan fingerprint density at radius 3 is 1.89 bits per heavy atom. The molecule has 1 amide bonds. The van der Waals surface area contributed by atoms with E-state index in [0.29, 0.717) is 29.4 Å². The van der Waals surface area contributed by atoms with Crippen molar-refractivity contribution in [2.24, 2.45) is 0 Å². The summed E-state index contributed by atoms with van der Waals surface area (Å²) in [4.78, 5) is 24.5. The van der Waals surface area contributed by atoms with Gasteiger partial charge in [-0.25, -0.2) is 0 Å². The van der Waals surface area contributed by atoms with Gasteiger partial charge in [0, 0.05) is 25.7 Å². The first-order valence-corrected chi connectivity index (χ1v) is 14.1. The largest absolute Gasteiger partial charge is 0.508 e. The number of hydrogen-bond acceptors (Lipinski definition) is 10. The minimum atomic E-state index is -0.167. The first-order chi connectivity index (χ1) is 18.5. The molecular formula is C27H29N5O4S2. The van der Waals surface area contributed by atoms with E-state index in [-0.39, 0.29) is 36.0 Å². The predicted molar refractivity (Wildman–Crippen MR) is 147 cm³/mol. The number of phenolic OH excluding ortho intramolecular Hbond substituents is 2. The number of Topliss-reactive ketones (excluding diaryl/α,β-unsaturated/α-hetero) is 1. The number of para-hydroxylation sites is 2. The fraction of sp³-hybridized carbons (Fsp3) is 0.333. The van der Waals surface area contributed by atoms with Crippen molar-refractivity contribution in [2.45, 2.75) is 57.8 Å². The standard InChI is InChI=1S/C27H29N5O4S2/c33-20(15-13-18-7-1-3-9-21(18)34)17-26-31-29-24(37-26)11-5-6-12-25-30-32-27(38-25)28-23(36)16-14-19-8-2-4-10-22(19)35/h1-4,7-10,34-35H,5-6,11-17H2,(H,28,32,36). The van der Waals surface area contributed by atoms with Crippen molar-refractivity contribution in [1.82, 2.24) is 20.4 Å². The number of aromatic nitrogens is 4. The third kappa shape index (κ3) is 8.42. The van der Waals surface area contributed by atoms with Gasteiger partial charge < -0.3 is 15.5 Å². The monoisotopic (exact) mass is 551 g/mol. The van der Waals surface area contributed by atoms with E-state index in [0.717, 1.165) is 46.8 Å². The maximum absolute atomic E-state index is 12.3. The van der Waals surface area contributed by atoms with Crippen LogP contribution in [0.3, 0.4) is 0 Å². The molecule has 0 saturated carbocycles. The first-order valence-electron chi connectivity index (χ1n) is 12.4. The summed E-state index contributed by atoms with van der Waals surface area (Å²) in [7, 11) is 0. The normalized spacial score (nSPS) is 10.9. The third-order valence-electron chi connectivity index (χ3n) is 5.88. The molecule has 4 rings (SSSR count). The van der Waals surface area contributed by atoms with Gasteiger partial charge in [0.15, 0.2) is 0 Å². The zero-order valence-electron chi connectivity index (χ0n) is 20.8. The topological polar surface area (TPSA) is 138 Å². The van der Waals surface area contributed by atoms with Crippen LogP contribution >= 0.6 is 22.7 Å². The van der Waals surface area contributed by atoms with Crippen molar-refractivity contribution >= 4 is 39.5 Å². The summed E-state index contributed by atoms with van der Waals surface area (Å²) in [6.45, 7) is 0. The summed E-state index contributed by atoms with van der Waals surface area (Å²) < 4.78 is 0. The van der Waals surface area contributed by atoms with Crippen LogP contribution in [0.2, 0.25) is 0 Å². The number of rotatable bonds is 14. The minimum absolute atomic E-state index is 0.0772. The molecule has 2 aromatic heterocycles. The summed E-state index contributed by atoms with van der Waals surface area (Å²) >= 11 is 2.83. The number of ketones is 1. The van der Waals surface area contributed by atoms with Crippen LogP contribution in [0.5, 0.6) is 11.5 Å².